The van der Waals surface area contributed by atoms with Crippen LogP contribution in [0.4, 0.5) is 0 Å². The molecule has 0 aromatic rings. The normalized spacial score (nSPS) is 18.0. The summed E-state index contributed by atoms with van der Waals surface area (Å²) in [7, 11) is -1.36. The first-order chi connectivity index (χ1) is 9.26. The van der Waals surface area contributed by atoms with E-state index in [9.17, 15) is 8.42 Å². The molecule has 1 fully saturated rings. The first kappa shape index (κ1) is 20.9. The average Bonchev–Trinajstić information content (AvgIpc) is 2.37. The van der Waals surface area contributed by atoms with E-state index in [1.54, 1.807) is 27.8 Å². The zero-order chi connectivity index (χ0) is 15.2. The predicted octanol–water partition coefficient (Wildman–Crippen LogP) is 2.32. The van der Waals surface area contributed by atoms with Crippen molar-refractivity contribution in [3.05, 3.63) is 0 Å². The quantitative estimate of drug-likeness (QED) is 0.407. The topological polar surface area (TPSA) is 70.6 Å². The van der Waals surface area contributed by atoms with Crippen LogP contribution >= 0.6 is 24.0 Å². The number of nitrogens with zero attached hydrogens (tertiary/aromatic N) is 1. The summed E-state index contributed by atoms with van der Waals surface area (Å²) in [6.07, 6.45) is 6.16. The maximum atomic E-state index is 12.0. The van der Waals surface area contributed by atoms with Gasteiger partial charge in [-0.2, -0.15) is 0 Å². The van der Waals surface area contributed by atoms with Crippen LogP contribution in [0.5, 0.6) is 0 Å². The fraction of sp³-hybridized carbons (Fsp3) is 0.929. The van der Waals surface area contributed by atoms with E-state index in [-0.39, 0.29) is 29.7 Å². The minimum Gasteiger partial charge on any atom is -0.355 e. The Morgan fingerprint density at radius 1 is 1.19 bits per heavy atom. The van der Waals surface area contributed by atoms with E-state index >= 15 is 0 Å². The van der Waals surface area contributed by atoms with Crippen LogP contribution in [0.3, 0.4) is 0 Å². The lowest BCUT2D eigenvalue weighted by Crippen LogP contribution is -2.46. The van der Waals surface area contributed by atoms with Crippen LogP contribution in [-0.4, -0.2) is 44.5 Å². The standard InChI is InChI=1S/C14H29N3O2S.HI/c1-14(2,3)20(18,19)11-10-16-13(15-4)17-12-8-6-5-7-9-12;/h12H,5-11H2,1-4H3,(H2,15,16,17);1H. The molecule has 5 nitrogen and oxygen atoms in total. The molecule has 0 heterocycles. The van der Waals surface area contributed by atoms with Gasteiger partial charge in [-0.1, -0.05) is 19.3 Å². The van der Waals surface area contributed by atoms with Crippen molar-refractivity contribution < 1.29 is 8.42 Å². The molecule has 21 heavy (non-hydrogen) atoms. The minimum absolute atomic E-state index is 0. The van der Waals surface area contributed by atoms with Gasteiger partial charge in [-0.3, -0.25) is 4.99 Å². The van der Waals surface area contributed by atoms with Crippen molar-refractivity contribution in [2.45, 2.75) is 63.7 Å². The maximum absolute atomic E-state index is 12.0. The first-order valence-electron chi connectivity index (χ1n) is 7.46. The van der Waals surface area contributed by atoms with Gasteiger partial charge in [-0.05, 0) is 33.6 Å². The number of halogens is 1. The third-order valence-corrected chi connectivity index (χ3v) is 6.37. The summed E-state index contributed by atoms with van der Waals surface area (Å²) in [5.74, 6) is 0.836. The molecular formula is C14H30IN3O2S. The summed E-state index contributed by atoms with van der Waals surface area (Å²) in [5.41, 5.74) is 0. The smallest absolute Gasteiger partial charge is 0.191 e. The molecule has 1 saturated carbocycles. The Bertz CT molecular complexity index is 424. The highest BCUT2D eigenvalue weighted by molar-refractivity contribution is 14.0. The lowest BCUT2D eigenvalue weighted by molar-refractivity contribution is 0.410. The van der Waals surface area contributed by atoms with Crippen molar-refractivity contribution in [1.29, 1.82) is 0 Å². The number of aliphatic imine (C=N–C) groups is 1. The van der Waals surface area contributed by atoms with Crippen molar-refractivity contribution >= 4 is 39.8 Å². The molecule has 1 aliphatic rings. The zero-order valence-electron chi connectivity index (χ0n) is 13.6. The van der Waals surface area contributed by atoms with Crippen LogP contribution in [0.2, 0.25) is 0 Å². The van der Waals surface area contributed by atoms with Gasteiger partial charge in [-0.15, -0.1) is 24.0 Å². The number of hydrogen-bond acceptors (Lipinski definition) is 3. The highest BCUT2D eigenvalue weighted by atomic mass is 127. The highest BCUT2D eigenvalue weighted by Crippen LogP contribution is 2.17. The molecule has 0 atom stereocenters. The number of sulfone groups is 1. The molecule has 1 aliphatic carbocycles. The SMILES string of the molecule is CN=C(NCCS(=O)(=O)C(C)(C)C)NC1CCCCC1.I. The van der Waals surface area contributed by atoms with Gasteiger partial charge >= 0.3 is 0 Å². The van der Waals surface area contributed by atoms with Crippen LogP contribution in [0.1, 0.15) is 52.9 Å². The van der Waals surface area contributed by atoms with Gasteiger partial charge in [0.05, 0.1) is 10.5 Å². The van der Waals surface area contributed by atoms with Gasteiger partial charge in [0, 0.05) is 19.6 Å². The van der Waals surface area contributed by atoms with Crippen molar-refractivity contribution in [2.24, 2.45) is 4.99 Å². The summed E-state index contributed by atoms with van der Waals surface area (Å²) in [4.78, 5) is 4.16. The van der Waals surface area contributed by atoms with Gasteiger partial charge in [0.1, 0.15) is 0 Å². The molecular weight excluding hydrogens is 401 g/mol. The molecule has 0 unspecified atom stereocenters. The Morgan fingerprint density at radius 2 is 1.76 bits per heavy atom. The number of nitrogens with one attached hydrogen (secondary N) is 2. The molecule has 0 aromatic carbocycles. The van der Waals surface area contributed by atoms with Gasteiger partial charge in [0.15, 0.2) is 15.8 Å². The van der Waals surface area contributed by atoms with Crippen LogP contribution in [0.15, 0.2) is 4.99 Å². The molecule has 0 radical (unpaired) electrons. The van der Waals surface area contributed by atoms with Crippen molar-refractivity contribution in [3.8, 4) is 0 Å². The van der Waals surface area contributed by atoms with E-state index in [1.807, 2.05) is 0 Å². The van der Waals surface area contributed by atoms with Crippen LogP contribution in [-0.2, 0) is 9.84 Å². The van der Waals surface area contributed by atoms with Crippen molar-refractivity contribution in [1.82, 2.24) is 10.6 Å². The monoisotopic (exact) mass is 431 g/mol. The molecule has 2 N–H and O–H groups in total. The molecule has 0 amide bonds. The fourth-order valence-corrected chi connectivity index (χ4v) is 3.23. The van der Waals surface area contributed by atoms with E-state index < -0.39 is 14.6 Å². The summed E-state index contributed by atoms with van der Waals surface area (Å²) < 4.78 is 23.3. The van der Waals surface area contributed by atoms with E-state index in [4.69, 9.17) is 0 Å². The Hall–Kier alpha value is -0.0500. The van der Waals surface area contributed by atoms with Crippen LogP contribution < -0.4 is 10.6 Å². The number of rotatable bonds is 4. The lowest BCUT2D eigenvalue weighted by Gasteiger charge is -2.25. The molecule has 0 aliphatic heterocycles. The van der Waals surface area contributed by atoms with Crippen LogP contribution in [0, 0.1) is 0 Å². The second kappa shape index (κ2) is 9.17. The summed E-state index contributed by atoms with van der Waals surface area (Å²) in [6.45, 7) is 5.60. The Morgan fingerprint density at radius 3 is 2.24 bits per heavy atom. The molecule has 126 valence electrons. The van der Waals surface area contributed by atoms with Crippen molar-refractivity contribution in [3.63, 3.8) is 0 Å². The molecule has 7 heteroatoms. The first-order valence-corrected chi connectivity index (χ1v) is 9.11. The van der Waals surface area contributed by atoms with E-state index in [1.165, 1.54) is 32.1 Å². The summed E-state index contributed by atoms with van der Waals surface area (Å²) >= 11 is 0. The van der Waals surface area contributed by atoms with Crippen LogP contribution in [0.25, 0.3) is 0 Å². The lowest BCUT2D eigenvalue weighted by atomic mass is 9.96. The average molecular weight is 431 g/mol. The van der Waals surface area contributed by atoms with Gasteiger partial charge < -0.3 is 10.6 Å². The summed E-state index contributed by atoms with van der Waals surface area (Å²) in [6, 6.07) is 0.467. The van der Waals surface area contributed by atoms with Gasteiger partial charge in [0.2, 0.25) is 0 Å². The Balaban J connectivity index is 0.00000400. The largest absolute Gasteiger partial charge is 0.355 e. The molecule has 0 aromatic heterocycles. The van der Waals surface area contributed by atoms with Gasteiger partial charge in [0.25, 0.3) is 0 Å². The second-order valence-electron chi connectivity index (χ2n) is 6.41. The Kier molecular flexibility index (Phi) is 9.15. The van der Waals surface area contributed by atoms with E-state index in [0.29, 0.717) is 18.5 Å². The maximum Gasteiger partial charge on any atom is 0.191 e. The van der Waals surface area contributed by atoms with Gasteiger partial charge in [-0.25, -0.2) is 8.42 Å². The second-order valence-corrected chi connectivity index (χ2v) is 9.27. The number of hydrogen-bond donors (Lipinski definition) is 2. The molecule has 0 saturated heterocycles. The minimum atomic E-state index is -3.08. The third-order valence-electron chi connectivity index (χ3n) is 3.77. The van der Waals surface area contributed by atoms with E-state index in [0.717, 1.165) is 0 Å². The zero-order valence-corrected chi connectivity index (χ0v) is 16.8. The highest BCUT2D eigenvalue weighted by Gasteiger charge is 2.28. The molecule has 1 rings (SSSR count). The van der Waals surface area contributed by atoms with Crippen molar-refractivity contribution in [2.75, 3.05) is 19.3 Å². The number of guanidine groups is 1. The Labute approximate surface area is 146 Å². The fourth-order valence-electron chi connectivity index (χ4n) is 2.24. The van der Waals surface area contributed by atoms with E-state index in [2.05, 4.69) is 15.6 Å². The summed E-state index contributed by atoms with van der Waals surface area (Å²) in [5, 5.41) is 6.48. The molecule has 0 spiro atoms. The third kappa shape index (κ3) is 7.17. The molecule has 0 bridgehead atoms. The predicted molar refractivity (Wildman–Crippen MR) is 100 cm³/mol.